The molecular formula is C19H34Cl3N-2. The summed E-state index contributed by atoms with van der Waals surface area (Å²) in [6.45, 7) is 4.71. The van der Waals surface area contributed by atoms with E-state index in [2.05, 4.69) is 42.6 Å². The lowest BCUT2D eigenvalue weighted by Gasteiger charge is -2.03. The van der Waals surface area contributed by atoms with Gasteiger partial charge in [0.1, 0.15) is 6.54 Å². The molecule has 1 nitrogen and oxygen atoms in total. The zero-order valence-electron chi connectivity index (χ0n) is 14.6. The number of halogens is 3. The van der Waals surface area contributed by atoms with Crippen LogP contribution in [0.2, 0.25) is 0 Å². The van der Waals surface area contributed by atoms with Gasteiger partial charge in [-0.25, -0.2) is 0 Å². The number of hydrogen-bond donors (Lipinski definition) is 1. The molecule has 0 amide bonds. The van der Waals surface area contributed by atoms with Gasteiger partial charge in [0.25, 0.3) is 0 Å². The quantitative estimate of drug-likeness (QED) is 0.332. The third-order valence-corrected chi connectivity index (χ3v) is 3.98. The van der Waals surface area contributed by atoms with Crippen molar-refractivity contribution in [2.75, 3.05) is 6.54 Å². The highest BCUT2D eigenvalue weighted by Crippen LogP contribution is 2.09. The van der Waals surface area contributed by atoms with Crippen LogP contribution in [0.5, 0.6) is 0 Å². The van der Waals surface area contributed by atoms with Gasteiger partial charge >= 0.3 is 0 Å². The number of nitrogens with two attached hydrogens (primary N) is 1. The van der Waals surface area contributed by atoms with Crippen molar-refractivity contribution >= 4 is 0 Å². The van der Waals surface area contributed by atoms with Crippen molar-refractivity contribution in [1.82, 2.24) is 0 Å². The van der Waals surface area contributed by atoms with Gasteiger partial charge in [0.05, 0.1) is 6.54 Å². The highest BCUT2D eigenvalue weighted by molar-refractivity contribution is 5.12. The Balaban J connectivity index is -0.00000133. The average molecular weight is 383 g/mol. The summed E-state index contributed by atoms with van der Waals surface area (Å²) < 4.78 is 0. The largest absolute Gasteiger partial charge is 1.00 e. The Hall–Kier alpha value is 0.0500. The van der Waals surface area contributed by atoms with E-state index in [0.717, 1.165) is 6.54 Å². The molecule has 0 bridgehead atoms. The highest BCUT2D eigenvalue weighted by atomic mass is 35.5. The van der Waals surface area contributed by atoms with E-state index in [4.69, 9.17) is 0 Å². The number of benzene rings is 1. The molecule has 0 aliphatic rings. The van der Waals surface area contributed by atoms with Gasteiger partial charge in [-0.15, -0.1) is 0 Å². The van der Waals surface area contributed by atoms with Gasteiger partial charge in [-0.05, 0) is 12.8 Å². The lowest BCUT2D eigenvalue weighted by Crippen LogP contribution is -3.00. The maximum absolute atomic E-state index is 2.44. The van der Waals surface area contributed by atoms with Crippen LogP contribution in [0.25, 0.3) is 0 Å². The number of quaternary nitrogens is 1. The lowest BCUT2D eigenvalue weighted by molar-refractivity contribution is -0.671. The molecule has 0 aliphatic carbocycles. The van der Waals surface area contributed by atoms with E-state index in [9.17, 15) is 0 Å². The van der Waals surface area contributed by atoms with E-state index >= 15 is 0 Å². The topological polar surface area (TPSA) is 16.6 Å². The van der Waals surface area contributed by atoms with E-state index in [1.165, 1.54) is 76.3 Å². The zero-order chi connectivity index (χ0) is 14.3. The second-order valence-electron chi connectivity index (χ2n) is 5.95. The fourth-order valence-electron chi connectivity index (χ4n) is 2.66. The molecule has 0 saturated carbocycles. The molecule has 138 valence electrons. The molecule has 0 saturated heterocycles. The third-order valence-electron chi connectivity index (χ3n) is 3.98. The molecule has 0 spiro atoms. The van der Waals surface area contributed by atoms with E-state index in [1.54, 1.807) is 0 Å². The van der Waals surface area contributed by atoms with E-state index in [1.807, 2.05) is 0 Å². The molecule has 0 aromatic heterocycles. The van der Waals surface area contributed by atoms with E-state index in [-0.39, 0.29) is 37.2 Å². The van der Waals surface area contributed by atoms with Crippen molar-refractivity contribution in [1.29, 1.82) is 0 Å². The first-order valence-corrected chi connectivity index (χ1v) is 8.79. The predicted molar refractivity (Wildman–Crippen MR) is 88.8 cm³/mol. The zero-order valence-corrected chi connectivity index (χ0v) is 16.9. The smallest absolute Gasteiger partial charge is 0.101 e. The van der Waals surface area contributed by atoms with Gasteiger partial charge in [-0.3, -0.25) is 0 Å². The molecule has 0 radical (unpaired) electrons. The average Bonchev–Trinajstić information content (AvgIpc) is 2.49. The molecule has 0 aliphatic heterocycles. The summed E-state index contributed by atoms with van der Waals surface area (Å²) in [5.41, 5.74) is 1.44. The first kappa shape index (κ1) is 27.9. The van der Waals surface area contributed by atoms with Gasteiger partial charge in [0, 0.05) is 5.56 Å². The second-order valence-corrected chi connectivity index (χ2v) is 5.95. The maximum atomic E-state index is 2.44. The second kappa shape index (κ2) is 22.1. The summed E-state index contributed by atoms with van der Waals surface area (Å²) in [7, 11) is 0. The van der Waals surface area contributed by atoms with Gasteiger partial charge in [0.2, 0.25) is 0 Å². The molecule has 0 atom stereocenters. The summed E-state index contributed by atoms with van der Waals surface area (Å²) in [5.74, 6) is 0. The minimum Gasteiger partial charge on any atom is -1.00 e. The molecule has 0 unspecified atom stereocenters. The number of unbranched alkanes of at least 4 members (excludes halogenated alkanes) is 9. The third kappa shape index (κ3) is 18.2. The minimum absolute atomic E-state index is 0. The molecule has 23 heavy (non-hydrogen) atoms. The standard InChI is InChI=1S/C19H33N.3ClH/c1-2-3-4-5-6-7-8-9-10-14-17-20-18-19-15-12-11-13-16-19;;;/h11-13,15-16,20H,2-10,14,17-18H2,1H3;3*1H/p-2. The van der Waals surface area contributed by atoms with Crippen LogP contribution in [-0.2, 0) is 6.54 Å². The summed E-state index contributed by atoms with van der Waals surface area (Å²) in [6, 6.07) is 10.8. The first-order valence-electron chi connectivity index (χ1n) is 8.79. The van der Waals surface area contributed by atoms with Crippen LogP contribution < -0.4 is 42.5 Å². The molecular weight excluding hydrogens is 349 g/mol. The van der Waals surface area contributed by atoms with Gasteiger partial charge in [-0.1, -0.05) is 88.6 Å². The van der Waals surface area contributed by atoms with Crippen LogP contribution in [0.15, 0.2) is 30.3 Å². The highest BCUT2D eigenvalue weighted by Gasteiger charge is 1.95. The number of rotatable bonds is 13. The molecule has 0 heterocycles. The molecule has 4 heteroatoms. The molecule has 1 rings (SSSR count). The molecule has 1 aromatic rings. The lowest BCUT2D eigenvalue weighted by atomic mass is 10.1. The fraction of sp³-hybridized carbons (Fsp3) is 0.684. The first-order chi connectivity index (χ1) is 9.93. The minimum atomic E-state index is 0. The fourth-order valence-corrected chi connectivity index (χ4v) is 2.66. The summed E-state index contributed by atoms with van der Waals surface area (Å²) in [4.78, 5) is 0. The van der Waals surface area contributed by atoms with Crippen molar-refractivity contribution in [3.05, 3.63) is 35.9 Å². The van der Waals surface area contributed by atoms with Gasteiger partial charge in [0.15, 0.2) is 0 Å². The summed E-state index contributed by atoms with van der Waals surface area (Å²) in [5, 5.41) is 2.44. The molecule has 2 N–H and O–H groups in total. The summed E-state index contributed by atoms with van der Waals surface area (Å²) in [6.07, 6.45) is 14.3. The van der Waals surface area contributed by atoms with Crippen molar-refractivity contribution in [3.8, 4) is 0 Å². The van der Waals surface area contributed by atoms with E-state index < -0.39 is 0 Å². The van der Waals surface area contributed by atoms with Crippen LogP contribution in [0.3, 0.4) is 0 Å². The Morgan fingerprint density at radius 1 is 0.652 bits per heavy atom. The van der Waals surface area contributed by atoms with Crippen molar-refractivity contribution in [2.24, 2.45) is 0 Å². The van der Waals surface area contributed by atoms with E-state index in [0.29, 0.717) is 0 Å². The van der Waals surface area contributed by atoms with Crippen LogP contribution in [0.4, 0.5) is 0 Å². The Morgan fingerprint density at radius 2 is 1.13 bits per heavy atom. The summed E-state index contributed by atoms with van der Waals surface area (Å²) >= 11 is 0. The Bertz CT molecular complexity index is 307. The predicted octanol–water partition coefficient (Wildman–Crippen LogP) is -4.32. The van der Waals surface area contributed by atoms with Gasteiger partial charge in [-0.2, -0.15) is 0 Å². The molecule has 1 aromatic carbocycles. The van der Waals surface area contributed by atoms with Gasteiger partial charge < -0.3 is 42.5 Å². The SMILES string of the molecule is CCCCCCCCCCCC[NH2+]Cc1ccccc1.[Cl-].[Cl-].[Cl-]. The van der Waals surface area contributed by atoms with Crippen molar-refractivity contribution in [2.45, 2.75) is 77.7 Å². The van der Waals surface area contributed by atoms with Crippen molar-refractivity contribution in [3.63, 3.8) is 0 Å². The normalized spacial score (nSPS) is 9.43. The Kier molecular flexibility index (Phi) is 26.7. The Labute approximate surface area is 162 Å². The van der Waals surface area contributed by atoms with Crippen molar-refractivity contribution < 1.29 is 42.5 Å². The maximum Gasteiger partial charge on any atom is 0.101 e. The van der Waals surface area contributed by atoms with Crippen LogP contribution >= 0.6 is 0 Å². The monoisotopic (exact) mass is 381 g/mol. The number of hydrogen-bond acceptors (Lipinski definition) is 0. The molecule has 0 fully saturated rings. The van der Waals surface area contributed by atoms with Crippen LogP contribution in [0.1, 0.15) is 76.7 Å². The van der Waals surface area contributed by atoms with Crippen LogP contribution in [-0.4, -0.2) is 6.54 Å². The Morgan fingerprint density at radius 3 is 1.65 bits per heavy atom. The van der Waals surface area contributed by atoms with Crippen LogP contribution in [0, 0.1) is 0 Å².